The average molecular weight is 214 g/mol. The van der Waals surface area contributed by atoms with E-state index in [2.05, 4.69) is 13.8 Å². The zero-order valence-electron chi connectivity index (χ0n) is 10.6. The van der Waals surface area contributed by atoms with Crippen molar-refractivity contribution in [2.75, 3.05) is 6.61 Å². The van der Waals surface area contributed by atoms with Crippen molar-refractivity contribution in [3.8, 4) is 0 Å². The molecule has 1 N–H and O–H groups in total. The van der Waals surface area contributed by atoms with Crippen LogP contribution in [0.3, 0.4) is 0 Å². The first kappa shape index (κ1) is 13.0. The first-order chi connectivity index (χ1) is 7.06. The zero-order valence-corrected chi connectivity index (χ0v) is 10.6. The Balaban J connectivity index is 2.43. The molecule has 1 aliphatic carbocycles. The summed E-state index contributed by atoms with van der Waals surface area (Å²) < 4.78 is 5.47. The van der Waals surface area contributed by atoms with E-state index >= 15 is 0 Å². The molecule has 2 heteroatoms. The second-order valence-corrected chi connectivity index (χ2v) is 5.18. The predicted molar refractivity (Wildman–Crippen MR) is 62.8 cm³/mol. The third-order valence-electron chi connectivity index (χ3n) is 4.03. The summed E-state index contributed by atoms with van der Waals surface area (Å²) in [6, 6.07) is 0. The normalized spacial score (nSPS) is 36.2. The van der Waals surface area contributed by atoms with Gasteiger partial charge in [-0.3, -0.25) is 0 Å². The number of aliphatic hydroxyl groups is 1. The monoisotopic (exact) mass is 214 g/mol. The molecule has 0 heterocycles. The molecule has 1 saturated carbocycles. The fourth-order valence-electron chi connectivity index (χ4n) is 2.64. The Kier molecular flexibility index (Phi) is 5.07. The minimum absolute atomic E-state index is 0.0133. The molecule has 0 aromatic rings. The van der Waals surface area contributed by atoms with Crippen LogP contribution in [0.2, 0.25) is 0 Å². The molecule has 90 valence electrons. The Bertz CT molecular complexity index is 181. The van der Waals surface area contributed by atoms with Crippen LogP contribution >= 0.6 is 0 Å². The van der Waals surface area contributed by atoms with Gasteiger partial charge in [-0.2, -0.15) is 0 Å². The van der Waals surface area contributed by atoms with Gasteiger partial charge in [0.25, 0.3) is 0 Å². The number of aliphatic hydroxyl groups excluding tert-OH is 1. The fraction of sp³-hybridized carbons (Fsp3) is 1.00. The fourth-order valence-corrected chi connectivity index (χ4v) is 2.64. The van der Waals surface area contributed by atoms with Crippen LogP contribution in [0.1, 0.15) is 47.0 Å². The predicted octanol–water partition coefficient (Wildman–Crippen LogP) is 2.84. The highest BCUT2D eigenvalue weighted by Gasteiger charge is 2.31. The van der Waals surface area contributed by atoms with Crippen LogP contribution in [0.15, 0.2) is 0 Å². The number of ether oxygens (including phenoxy) is 1. The molecule has 0 amide bonds. The molecule has 0 bridgehead atoms. The third-order valence-corrected chi connectivity index (χ3v) is 4.03. The van der Waals surface area contributed by atoms with Gasteiger partial charge in [-0.15, -0.1) is 0 Å². The minimum Gasteiger partial charge on any atom is -0.390 e. The summed E-state index contributed by atoms with van der Waals surface area (Å²) in [5, 5.41) is 10.2. The van der Waals surface area contributed by atoms with E-state index in [9.17, 15) is 5.11 Å². The maximum Gasteiger partial charge on any atom is 0.0827 e. The van der Waals surface area contributed by atoms with E-state index in [1.165, 1.54) is 6.42 Å². The standard InChI is InChI=1S/C13H26O2/c1-5-15-11(4)13(14)12-7-6-9(2)10(3)8-12/h9-14H,5-8H2,1-4H3. The average Bonchev–Trinajstić information content (AvgIpc) is 2.21. The van der Waals surface area contributed by atoms with Crippen molar-refractivity contribution in [2.24, 2.45) is 17.8 Å². The molecule has 0 spiro atoms. The summed E-state index contributed by atoms with van der Waals surface area (Å²) >= 11 is 0. The van der Waals surface area contributed by atoms with Gasteiger partial charge in [0, 0.05) is 6.61 Å². The summed E-state index contributed by atoms with van der Waals surface area (Å²) in [4.78, 5) is 0. The van der Waals surface area contributed by atoms with Crippen LogP contribution in [0.4, 0.5) is 0 Å². The van der Waals surface area contributed by atoms with Crippen LogP contribution < -0.4 is 0 Å². The van der Waals surface area contributed by atoms with E-state index in [1.54, 1.807) is 0 Å². The summed E-state index contributed by atoms with van der Waals surface area (Å²) in [6.45, 7) is 9.27. The van der Waals surface area contributed by atoms with Crippen LogP contribution in [0.25, 0.3) is 0 Å². The Morgan fingerprint density at radius 3 is 2.47 bits per heavy atom. The van der Waals surface area contributed by atoms with Gasteiger partial charge < -0.3 is 9.84 Å². The molecule has 1 rings (SSSR count). The largest absolute Gasteiger partial charge is 0.390 e. The van der Waals surface area contributed by atoms with Gasteiger partial charge >= 0.3 is 0 Å². The Labute approximate surface area is 94.0 Å². The molecular formula is C13H26O2. The molecule has 1 fully saturated rings. The van der Waals surface area contributed by atoms with Crippen molar-refractivity contribution in [1.29, 1.82) is 0 Å². The summed E-state index contributed by atoms with van der Waals surface area (Å²) in [5.74, 6) is 2.00. The van der Waals surface area contributed by atoms with Crippen LogP contribution in [-0.2, 0) is 4.74 Å². The van der Waals surface area contributed by atoms with Crippen molar-refractivity contribution >= 4 is 0 Å². The highest BCUT2D eigenvalue weighted by molar-refractivity contribution is 4.82. The van der Waals surface area contributed by atoms with Gasteiger partial charge in [0.05, 0.1) is 12.2 Å². The minimum atomic E-state index is -0.278. The van der Waals surface area contributed by atoms with Gasteiger partial charge in [0.1, 0.15) is 0 Å². The second-order valence-electron chi connectivity index (χ2n) is 5.18. The highest BCUT2D eigenvalue weighted by Crippen LogP contribution is 2.35. The lowest BCUT2D eigenvalue weighted by molar-refractivity contribution is -0.0625. The number of hydrogen-bond acceptors (Lipinski definition) is 2. The molecular weight excluding hydrogens is 188 g/mol. The van der Waals surface area contributed by atoms with Crippen molar-refractivity contribution in [3.05, 3.63) is 0 Å². The second kappa shape index (κ2) is 5.86. The Hall–Kier alpha value is -0.0800. The van der Waals surface area contributed by atoms with Gasteiger partial charge in [0.15, 0.2) is 0 Å². The van der Waals surface area contributed by atoms with E-state index in [1.807, 2.05) is 13.8 Å². The quantitative estimate of drug-likeness (QED) is 0.779. The summed E-state index contributed by atoms with van der Waals surface area (Å²) in [7, 11) is 0. The van der Waals surface area contributed by atoms with Crippen molar-refractivity contribution in [1.82, 2.24) is 0 Å². The molecule has 1 aliphatic rings. The summed E-state index contributed by atoms with van der Waals surface area (Å²) in [6.07, 6.45) is 3.27. The first-order valence-corrected chi connectivity index (χ1v) is 6.35. The van der Waals surface area contributed by atoms with E-state index in [4.69, 9.17) is 4.74 Å². The van der Waals surface area contributed by atoms with E-state index in [0.29, 0.717) is 12.5 Å². The molecule has 0 saturated heterocycles. The Morgan fingerprint density at radius 2 is 1.93 bits per heavy atom. The van der Waals surface area contributed by atoms with Crippen LogP contribution in [0, 0.1) is 17.8 Å². The molecule has 0 radical (unpaired) electrons. The van der Waals surface area contributed by atoms with Gasteiger partial charge in [-0.05, 0) is 44.4 Å². The lowest BCUT2D eigenvalue weighted by Crippen LogP contribution is -2.37. The number of rotatable bonds is 4. The van der Waals surface area contributed by atoms with Crippen molar-refractivity contribution in [3.63, 3.8) is 0 Å². The SMILES string of the molecule is CCOC(C)C(O)C1CCC(C)C(C)C1. The lowest BCUT2D eigenvalue weighted by atomic mass is 9.73. The van der Waals surface area contributed by atoms with E-state index in [-0.39, 0.29) is 12.2 Å². The maximum absolute atomic E-state index is 10.2. The van der Waals surface area contributed by atoms with E-state index in [0.717, 1.165) is 24.7 Å². The zero-order chi connectivity index (χ0) is 11.4. The molecule has 0 aromatic carbocycles. The van der Waals surface area contributed by atoms with Crippen LogP contribution in [-0.4, -0.2) is 23.9 Å². The highest BCUT2D eigenvalue weighted by atomic mass is 16.5. The van der Waals surface area contributed by atoms with E-state index < -0.39 is 0 Å². The molecule has 15 heavy (non-hydrogen) atoms. The topological polar surface area (TPSA) is 29.5 Å². The number of hydrogen-bond donors (Lipinski definition) is 1. The van der Waals surface area contributed by atoms with Gasteiger partial charge in [0.2, 0.25) is 0 Å². The van der Waals surface area contributed by atoms with Crippen LogP contribution in [0.5, 0.6) is 0 Å². The van der Waals surface area contributed by atoms with Gasteiger partial charge in [-0.25, -0.2) is 0 Å². The van der Waals surface area contributed by atoms with Gasteiger partial charge in [-0.1, -0.05) is 20.3 Å². The van der Waals surface area contributed by atoms with Crippen molar-refractivity contribution < 1.29 is 9.84 Å². The molecule has 2 nitrogen and oxygen atoms in total. The first-order valence-electron chi connectivity index (χ1n) is 6.35. The lowest BCUT2D eigenvalue weighted by Gasteiger charge is -2.36. The smallest absolute Gasteiger partial charge is 0.0827 e. The molecule has 0 aromatic heterocycles. The third kappa shape index (κ3) is 3.46. The molecule has 0 aliphatic heterocycles. The maximum atomic E-state index is 10.2. The Morgan fingerprint density at radius 1 is 1.27 bits per heavy atom. The summed E-state index contributed by atoms with van der Waals surface area (Å²) in [5.41, 5.74) is 0. The molecule has 5 unspecified atom stereocenters. The molecule has 5 atom stereocenters. The van der Waals surface area contributed by atoms with Crippen molar-refractivity contribution in [2.45, 2.75) is 59.2 Å².